The van der Waals surface area contributed by atoms with Crippen LogP contribution >= 0.6 is 23.1 Å². The summed E-state index contributed by atoms with van der Waals surface area (Å²) in [4.78, 5) is 31.0. The molecule has 8 nitrogen and oxygen atoms in total. The van der Waals surface area contributed by atoms with Gasteiger partial charge in [0, 0.05) is 13.2 Å². The molecule has 0 aliphatic carbocycles. The average molecular weight is 488 g/mol. The normalized spacial score (nSPS) is 18.0. The van der Waals surface area contributed by atoms with Gasteiger partial charge in [-0.2, -0.15) is 0 Å². The zero-order valence-electron chi connectivity index (χ0n) is 18.2. The van der Waals surface area contributed by atoms with Crippen LogP contribution in [0.15, 0.2) is 39.6 Å². The number of aromatic nitrogens is 2. The van der Waals surface area contributed by atoms with Crippen LogP contribution in [-0.4, -0.2) is 46.8 Å². The van der Waals surface area contributed by atoms with Gasteiger partial charge in [-0.25, -0.2) is 4.98 Å². The Morgan fingerprint density at radius 3 is 3.03 bits per heavy atom. The first-order chi connectivity index (χ1) is 16.1. The van der Waals surface area contributed by atoms with Crippen molar-refractivity contribution in [2.75, 3.05) is 19.9 Å². The standard InChI is InChI=1S/C23H25N3O5S2/c1-2-19(21(27)24-11-15-4-3-8-29-15)33-23-25-16-7-9-32-20(16)22(28)26(23)12-14-5-6-17-18(10-14)31-13-30-17/h5-7,9-10,15,19H,2-4,8,11-13H2,1H3,(H,24,27)/t15-,19-/m1/s1. The topological polar surface area (TPSA) is 91.7 Å². The molecule has 3 aromatic rings. The Hall–Kier alpha value is -2.56. The molecular weight excluding hydrogens is 462 g/mol. The Labute approximate surface area is 199 Å². The second-order valence-corrected chi connectivity index (χ2v) is 10.1. The molecule has 174 valence electrons. The van der Waals surface area contributed by atoms with Crippen LogP contribution in [0.1, 0.15) is 31.7 Å². The number of thiophene rings is 1. The zero-order chi connectivity index (χ0) is 22.8. The molecule has 1 fully saturated rings. The maximum absolute atomic E-state index is 13.3. The van der Waals surface area contributed by atoms with Crippen molar-refractivity contribution in [2.45, 2.75) is 49.2 Å². The fraction of sp³-hybridized carbons (Fsp3) is 0.435. The van der Waals surface area contributed by atoms with Crippen LogP contribution in [0.5, 0.6) is 11.5 Å². The number of amides is 1. The summed E-state index contributed by atoms with van der Waals surface area (Å²) in [6, 6.07) is 7.49. The van der Waals surface area contributed by atoms with Gasteiger partial charge in [-0.05, 0) is 48.4 Å². The van der Waals surface area contributed by atoms with E-state index in [9.17, 15) is 9.59 Å². The van der Waals surface area contributed by atoms with E-state index in [1.807, 2.05) is 36.6 Å². The minimum atomic E-state index is -0.364. The van der Waals surface area contributed by atoms with Gasteiger partial charge in [-0.1, -0.05) is 24.8 Å². The molecule has 1 amide bonds. The van der Waals surface area contributed by atoms with Crippen molar-refractivity contribution in [2.24, 2.45) is 0 Å². The maximum Gasteiger partial charge on any atom is 0.272 e. The highest BCUT2D eigenvalue weighted by Gasteiger charge is 2.24. The Morgan fingerprint density at radius 2 is 2.21 bits per heavy atom. The van der Waals surface area contributed by atoms with Crippen LogP contribution in [0.4, 0.5) is 0 Å². The largest absolute Gasteiger partial charge is 0.454 e. The van der Waals surface area contributed by atoms with Gasteiger partial charge >= 0.3 is 0 Å². The highest BCUT2D eigenvalue weighted by Crippen LogP contribution is 2.33. The smallest absolute Gasteiger partial charge is 0.272 e. The third-order valence-electron chi connectivity index (χ3n) is 5.75. The molecule has 33 heavy (non-hydrogen) atoms. The molecule has 10 heteroatoms. The Balaban J connectivity index is 1.41. The van der Waals surface area contributed by atoms with Crippen LogP contribution in [0.25, 0.3) is 10.2 Å². The summed E-state index contributed by atoms with van der Waals surface area (Å²) >= 11 is 2.71. The van der Waals surface area contributed by atoms with Crippen molar-refractivity contribution in [3.05, 3.63) is 45.6 Å². The summed E-state index contributed by atoms with van der Waals surface area (Å²) in [6.45, 7) is 3.75. The van der Waals surface area contributed by atoms with E-state index in [0.717, 1.165) is 25.0 Å². The number of hydrogen-bond acceptors (Lipinski definition) is 8. The second-order valence-electron chi connectivity index (χ2n) is 8.00. The number of nitrogens with zero attached hydrogens (tertiary/aromatic N) is 2. The molecule has 2 aromatic heterocycles. The lowest BCUT2D eigenvalue weighted by atomic mass is 10.2. The lowest BCUT2D eigenvalue weighted by Crippen LogP contribution is -2.37. The number of fused-ring (bicyclic) bond motifs is 2. The zero-order valence-corrected chi connectivity index (χ0v) is 19.9. The number of ether oxygens (including phenoxy) is 3. The molecule has 0 bridgehead atoms. The van der Waals surface area contributed by atoms with E-state index >= 15 is 0 Å². The second kappa shape index (κ2) is 9.74. The van der Waals surface area contributed by atoms with Crippen molar-refractivity contribution < 1.29 is 19.0 Å². The summed E-state index contributed by atoms with van der Waals surface area (Å²) < 4.78 is 18.7. The van der Waals surface area contributed by atoms with Gasteiger partial charge in [-0.3, -0.25) is 14.2 Å². The first kappa shape index (κ1) is 22.2. The quantitative estimate of drug-likeness (QED) is 0.385. The fourth-order valence-electron chi connectivity index (χ4n) is 3.96. The first-order valence-corrected chi connectivity index (χ1v) is 12.8. The van der Waals surface area contributed by atoms with Gasteiger partial charge in [0.1, 0.15) is 4.70 Å². The van der Waals surface area contributed by atoms with Gasteiger partial charge < -0.3 is 19.5 Å². The van der Waals surface area contributed by atoms with Crippen molar-refractivity contribution in [1.82, 2.24) is 14.9 Å². The predicted molar refractivity (Wildman–Crippen MR) is 127 cm³/mol. The average Bonchev–Trinajstić information content (AvgIpc) is 3.59. The summed E-state index contributed by atoms with van der Waals surface area (Å²) in [5.74, 6) is 1.30. The number of nitrogens with one attached hydrogen (secondary N) is 1. The molecule has 1 aromatic carbocycles. The summed E-state index contributed by atoms with van der Waals surface area (Å²) in [7, 11) is 0. The molecule has 0 spiro atoms. The first-order valence-electron chi connectivity index (χ1n) is 11.0. The van der Waals surface area contributed by atoms with E-state index in [4.69, 9.17) is 19.2 Å². The lowest BCUT2D eigenvalue weighted by Gasteiger charge is -2.18. The maximum atomic E-state index is 13.3. The van der Waals surface area contributed by atoms with Gasteiger partial charge in [0.05, 0.1) is 23.4 Å². The third-order valence-corrected chi connectivity index (χ3v) is 7.99. The molecule has 0 saturated carbocycles. The Kier molecular flexibility index (Phi) is 6.57. The number of carbonyl (C=O) groups is 1. The van der Waals surface area contributed by atoms with Crippen LogP contribution < -0.4 is 20.3 Å². The molecule has 2 aliphatic rings. The highest BCUT2D eigenvalue weighted by molar-refractivity contribution is 8.00. The van der Waals surface area contributed by atoms with Crippen LogP contribution in [0.2, 0.25) is 0 Å². The Bertz CT molecular complexity index is 1220. The summed E-state index contributed by atoms with van der Waals surface area (Å²) in [5.41, 5.74) is 1.45. The molecule has 2 atom stereocenters. The van der Waals surface area contributed by atoms with Gasteiger partial charge in [0.2, 0.25) is 12.7 Å². The number of carbonyl (C=O) groups excluding carboxylic acids is 1. The SMILES string of the molecule is CC[C@@H](Sc1nc2ccsc2c(=O)n1Cc1ccc2c(c1)OCO2)C(=O)NC[C@H]1CCCO1. The highest BCUT2D eigenvalue weighted by atomic mass is 32.2. The van der Waals surface area contributed by atoms with E-state index in [0.29, 0.717) is 46.4 Å². The minimum absolute atomic E-state index is 0.0627. The molecule has 5 rings (SSSR count). The van der Waals surface area contributed by atoms with Crippen molar-refractivity contribution in [3.63, 3.8) is 0 Å². The molecule has 1 N–H and O–H groups in total. The number of hydrogen-bond donors (Lipinski definition) is 1. The van der Waals surface area contributed by atoms with Gasteiger partial charge in [0.25, 0.3) is 5.56 Å². The van der Waals surface area contributed by atoms with E-state index in [1.165, 1.54) is 23.1 Å². The number of rotatable bonds is 8. The van der Waals surface area contributed by atoms with Gasteiger partial charge in [-0.15, -0.1) is 11.3 Å². The monoisotopic (exact) mass is 487 g/mol. The van der Waals surface area contributed by atoms with Crippen LogP contribution in [0, 0.1) is 0 Å². The molecular formula is C23H25N3O5S2. The van der Waals surface area contributed by atoms with Crippen molar-refractivity contribution in [1.29, 1.82) is 0 Å². The molecule has 0 radical (unpaired) electrons. The molecule has 4 heterocycles. The number of thioether (sulfide) groups is 1. The van der Waals surface area contributed by atoms with Crippen LogP contribution in [0.3, 0.4) is 0 Å². The summed E-state index contributed by atoms with van der Waals surface area (Å²) in [6.07, 6.45) is 2.70. The van der Waals surface area contributed by atoms with E-state index in [-0.39, 0.29) is 29.6 Å². The molecule has 0 unspecified atom stereocenters. The third kappa shape index (κ3) is 4.73. The van der Waals surface area contributed by atoms with Crippen molar-refractivity contribution in [3.8, 4) is 11.5 Å². The minimum Gasteiger partial charge on any atom is -0.454 e. The molecule has 2 aliphatic heterocycles. The predicted octanol–water partition coefficient (Wildman–Crippen LogP) is 3.40. The lowest BCUT2D eigenvalue weighted by molar-refractivity contribution is -0.121. The van der Waals surface area contributed by atoms with Crippen LogP contribution in [-0.2, 0) is 16.1 Å². The fourth-order valence-corrected chi connectivity index (χ4v) is 5.77. The van der Waals surface area contributed by atoms with E-state index < -0.39 is 0 Å². The molecule has 1 saturated heterocycles. The van der Waals surface area contributed by atoms with E-state index in [1.54, 1.807) is 4.57 Å². The van der Waals surface area contributed by atoms with Crippen molar-refractivity contribution >= 4 is 39.2 Å². The van der Waals surface area contributed by atoms with Gasteiger partial charge in [0.15, 0.2) is 16.7 Å². The summed E-state index contributed by atoms with van der Waals surface area (Å²) in [5, 5.41) is 5.04. The van der Waals surface area contributed by atoms with E-state index in [2.05, 4.69) is 5.32 Å². The Morgan fingerprint density at radius 1 is 1.33 bits per heavy atom. The number of benzene rings is 1.